The summed E-state index contributed by atoms with van der Waals surface area (Å²) < 4.78 is 1.86. The van der Waals surface area contributed by atoms with E-state index in [2.05, 4.69) is 18.2 Å². The van der Waals surface area contributed by atoms with Gasteiger partial charge in [0.1, 0.15) is 0 Å². The van der Waals surface area contributed by atoms with Gasteiger partial charge in [0.05, 0.1) is 5.69 Å². The summed E-state index contributed by atoms with van der Waals surface area (Å²) in [6.45, 7) is 6.29. The summed E-state index contributed by atoms with van der Waals surface area (Å²) >= 11 is 0. The van der Waals surface area contributed by atoms with Crippen LogP contribution in [-0.4, -0.2) is 15.8 Å². The molecule has 1 aromatic heterocycles. The second-order valence-electron chi connectivity index (χ2n) is 3.96. The molecule has 0 fully saturated rings. The van der Waals surface area contributed by atoms with Gasteiger partial charge in [-0.3, -0.25) is 4.68 Å². The molecular formula is C10H19N3. The highest BCUT2D eigenvalue weighted by atomic mass is 15.2. The lowest BCUT2D eigenvalue weighted by Gasteiger charge is -2.12. The van der Waals surface area contributed by atoms with Gasteiger partial charge in [-0.2, -0.15) is 5.10 Å². The van der Waals surface area contributed by atoms with Crippen molar-refractivity contribution in [2.24, 2.45) is 12.8 Å². The molecule has 0 spiro atoms. The second-order valence-corrected chi connectivity index (χ2v) is 3.96. The standard InChI is InChI=1S/C10H19N3/c1-7(5-8(2)11)10-6-13(4)12-9(10)3/h6-8H,5,11H2,1-4H3. The Balaban J connectivity index is 2.76. The van der Waals surface area contributed by atoms with Crippen molar-refractivity contribution in [2.75, 3.05) is 0 Å². The van der Waals surface area contributed by atoms with Gasteiger partial charge in [0.2, 0.25) is 0 Å². The number of rotatable bonds is 3. The fraction of sp³-hybridized carbons (Fsp3) is 0.700. The number of hydrogen-bond donors (Lipinski definition) is 1. The van der Waals surface area contributed by atoms with E-state index >= 15 is 0 Å². The highest BCUT2D eigenvalue weighted by Gasteiger charge is 2.12. The molecule has 2 N–H and O–H groups in total. The fourth-order valence-electron chi connectivity index (χ4n) is 1.79. The molecule has 3 nitrogen and oxygen atoms in total. The molecule has 13 heavy (non-hydrogen) atoms. The number of nitrogens with two attached hydrogens (primary N) is 1. The van der Waals surface area contributed by atoms with Crippen LogP contribution in [0.2, 0.25) is 0 Å². The van der Waals surface area contributed by atoms with Crippen molar-refractivity contribution in [1.29, 1.82) is 0 Å². The Hall–Kier alpha value is -0.830. The van der Waals surface area contributed by atoms with Crippen molar-refractivity contribution in [1.82, 2.24) is 9.78 Å². The Labute approximate surface area is 79.9 Å². The van der Waals surface area contributed by atoms with Crippen molar-refractivity contribution < 1.29 is 0 Å². The van der Waals surface area contributed by atoms with E-state index in [9.17, 15) is 0 Å². The van der Waals surface area contributed by atoms with Crippen LogP contribution >= 0.6 is 0 Å². The molecule has 0 radical (unpaired) electrons. The maximum Gasteiger partial charge on any atom is 0.0628 e. The molecule has 0 bridgehead atoms. The summed E-state index contributed by atoms with van der Waals surface area (Å²) in [4.78, 5) is 0. The Morgan fingerprint density at radius 1 is 1.54 bits per heavy atom. The summed E-state index contributed by atoms with van der Waals surface area (Å²) in [7, 11) is 1.95. The van der Waals surface area contributed by atoms with E-state index in [-0.39, 0.29) is 6.04 Å². The first-order valence-corrected chi connectivity index (χ1v) is 4.76. The van der Waals surface area contributed by atoms with Crippen molar-refractivity contribution in [2.45, 2.75) is 39.2 Å². The first kappa shape index (κ1) is 10.3. The van der Waals surface area contributed by atoms with Crippen molar-refractivity contribution in [3.8, 4) is 0 Å². The monoisotopic (exact) mass is 181 g/mol. The van der Waals surface area contributed by atoms with Gasteiger partial charge in [0, 0.05) is 19.3 Å². The molecule has 0 aliphatic rings. The summed E-state index contributed by atoms with van der Waals surface area (Å²) in [5.41, 5.74) is 8.20. The lowest BCUT2D eigenvalue weighted by atomic mass is 9.95. The van der Waals surface area contributed by atoms with Gasteiger partial charge in [0.15, 0.2) is 0 Å². The molecule has 2 unspecified atom stereocenters. The minimum atomic E-state index is 0.259. The Kier molecular flexibility index (Phi) is 3.09. The fourth-order valence-corrected chi connectivity index (χ4v) is 1.79. The molecule has 0 aromatic carbocycles. The molecule has 1 aromatic rings. The van der Waals surface area contributed by atoms with Crippen LogP contribution in [0, 0.1) is 6.92 Å². The van der Waals surface area contributed by atoms with Gasteiger partial charge in [-0.1, -0.05) is 6.92 Å². The van der Waals surface area contributed by atoms with E-state index in [1.54, 1.807) is 0 Å². The van der Waals surface area contributed by atoms with Crippen LogP contribution in [0.15, 0.2) is 6.20 Å². The predicted molar refractivity (Wildman–Crippen MR) is 54.6 cm³/mol. The van der Waals surface area contributed by atoms with Gasteiger partial charge >= 0.3 is 0 Å². The third-order valence-corrected chi connectivity index (χ3v) is 2.31. The first-order chi connectivity index (χ1) is 6.00. The van der Waals surface area contributed by atoms with Crippen molar-refractivity contribution in [3.05, 3.63) is 17.5 Å². The zero-order valence-corrected chi connectivity index (χ0v) is 8.91. The maximum atomic E-state index is 5.76. The van der Waals surface area contributed by atoms with E-state index in [1.807, 2.05) is 25.6 Å². The molecule has 3 heteroatoms. The molecule has 1 heterocycles. The van der Waals surface area contributed by atoms with Gasteiger partial charge in [0.25, 0.3) is 0 Å². The van der Waals surface area contributed by atoms with Crippen LogP contribution < -0.4 is 5.73 Å². The molecule has 74 valence electrons. The topological polar surface area (TPSA) is 43.8 Å². The largest absolute Gasteiger partial charge is 0.328 e. The van der Waals surface area contributed by atoms with Crippen LogP contribution in [-0.2, 0) is 7.05 Å². The van der Waals surface area contributed by atoms with Crippen LogP contribution in [0.4, 0.5) is 0 Å². The maximum absolute atomic E-state index is 5.76. The van der Waals surface area contributed by atoms with Crippen LogP contribution in [0.25, 0.3) is 0 Å². The zero-order chi connectivity index (χ0) is 10.0. The van der Waals surface area contributed by atoms with Crippen LogP contribution in [0.5, 0.6) is 0 Å². The zero-order valence-electron chi connectivity index (χ0n) is 8.91. The average Bonchev–Trinajstić information content (AvgIpc) is 2.28. The van der Waals surface area contributed by atoms with E-state index in [0.717, 1.165) is 12.1 Å². The smallest absolute Gasteiger partial charge is 0.0628 e. The summed E-state index contributed by atoms with van der Waals surface area (Å²) in [6, 6.07) is 0.259. The third-order valence-electron chi connectivity index (χ3n) is 2.31. The number of aryl methyl sites for hydroxylation is 2. The van der Waals surface area contributed by atoms with Gasteiger partial charge in [-0.15, -0.1) is 0 Å². The second kappa shape index (κ2) is 3.92. The third kappa shape index (κ3) is 2.56. The molecule has 0 aliphatic heterocycles. The number of aromatic nitrogens is 2. The normalized spacial score (nSPS) is 15.8. The lowest BCUT2D eigenvalue weighted by Crippen LogP contribution is -2.17. The average molecular weight is 181 g/mol. The Morgan fingerprint density at radius 2 is 2.15 bits per heavy atom. The number of hydrogen-bond acceptors (Lipinski definition) is 2. The Bertz CT molecular complexity index is 276. The van der Waals surface area contributed by atoms with Crippen molar-refractivity contribution >= 4 is 0 Å². The molecule has 2 atom stereocenters. The quantitative estimate of drug-likeness (QED) is 0.769. The molecule has 0 saturated carbocycles. The molecule has 0 aliphatic carbocycles. The molecule has 0 saturated heterocycles. The van der Waals surface area contributed by atoms with E-state index in [0.29, 0.717) is 5.92 Å². The summed E-state index contributed by atoms with van der Waals surface area (Å²) in [5, 5.41) is 4.32. The van der Waals surface area contributed by atoms with Crippen LogP contribution in [0.3, 0.4) is 0 Å². The highest BCUT2D eigenvalue weighted by molar-refractivity contribution is 5.19. The SMILES string of the molecule is Cc1nn(C)cc1C(C)CC(C)N. The molecule has 0 amide bonds. The summed E-state index contributed by atoms with van der Waals surface area (Å²) in [6.07, 6.45) is 3.11. The van der Waals surface area contributed by atoms with E-state index in [1.165, 1.54) is 5.56 Å². The minimum Gasteiger partial charge on any atom is -0.328 e. The van der Waals surface area contributed by atoms with Crippen LogP contribution in [0.1, 0.15) is 37.4 Å². The number of nitrogens with zero attached hydrogens (tertiary/aromatic N) is 2. The molecule has 1 rings (SSSR count). The highest BCUT2D eigenvalue weighted by Crippen LogP contribution is 2.22. The first-order valence-electron chi connectivity index (χ1n) is 4.76. The minimum absolute atomic E-state index is 0.259. The van der Waals surface area contributed by atoms with Gasteiger partial charge in [-0.25, -0.2) is 0 Å². The van der Waals surface area contributed by atoms with E-state index in [4.69, 9.17) is 5.73 Å². The van der Waals surface area contributed by atoms with E-state index < -0.39 is 0 Å². The summed E-state index contributed by atoms with van der Waals surface area (Å²) in [5.74, 6) is 0.508. The van der Waals surface area contributed by atoms with Gasteiger partial charge < -0.3 is 5.73 Å². The predicted octanol–water partition coefficient (Wildman–Crippen LogP) is 1.57. The Morgan fingerprint density at radius 3 is 2.54 bits per heavy atom. The molecular weight excluding hydrogens is 162 g/mol. The lowest BCUT2D eigenvalue weighted by molar-refractivity contribution is 0.584. The van der Waals surface area contributed by atoms with Crippen molar-refractivity contribution in [3.63, 3.8) is 0 Å². The van der Waals surface area contributed by atoms with Gasteiger partial charge in [-0.05, 0) is 31.7 Å².